The number of ether oxygens (including phenoxy) is 3. The zero-order valence-electron chi connectivity index (χ0n) is 28.1. The van der Waals surface area contributed by atoms with Gasteiger partial charge in [0.15, 0.2) is 0 Å². The van der Waals surface area contributed by atoms with E-state index in [1.807, 2.05) is 13.0 Å². The molecule has 0 aromatic heterocycles. The van der Waals surface area contributed by atoms with E-state index in [1.165, 1.54) is 64.2 Å². The van der Waals surface area contributed by atoms with Crippen LogP contribution in [0.25, 0.3) is 0 Å². The molecule has 3 N–H and O–H groups in total. The van der Waals surface area contributed by atoms with Crippen LogP contribution in [0.2, 0.25) is 0 Å². The van der Waals surface area contributed by atoms with Gasteiger partial charge in [0.1, 0.15) is 6.10 Å². The van der Waals surface area contributed by atoms with E-state index in [4.69, 9.17) is 14.2 Å². The van der Waals surface area contributed by atoms with Gasteiger partial charge in [0.2, 0.25) is 0 Å². The second kappa shape index (κ2) is 21.7. The molecule has 0 spiro atoms. The summed E-state index contributed by atoms with van der Waals surface area (Å²) in [5.74, 6) is -0.123. The number of rotatable bonds is 25. The maximum Gasteiger partial charge on any atom is 0.334 e. The standard InChI is InChI=1S/C37H66O7/c1-3-4-5-15-19-30(38)20-17-22-32(40)34-24-26-36(44-34)35-25-23-33(43-35)31(39)21-16-13-11-9-7-6-8-10-12-14-18-29-27-28(2)42-37(29)41/h27-28,30-36,38-40H,3-26H2,1-2H3/t28-,30-,31-,32-,33+,34+,35+,36+/m0/s1. The van der Waals surface area contributed by atoms with Crippen LogP contribution in [0.4, 0.5) is 0 Å². The number of carbonyl (C=O) groups is 1. The highest BCUT2D eigenvalue weighted by molar-refractivity contribution is 5.90. The second-order valence-electron chi connectivity index (χ2n) is 14.0. The molecular weight excluding hydrogens is 556 g/mol. The number of carbonyl (C=O) groups excluding carboxylic acids is 1. The van der Waals surface area contributed by atoms with E-state index in [0.717, 1.165) is 89.0 Å². The molecule has 3 rings (SSSR count). The Hall–Kier alpha value is -0.990. The number of unbranched alkanes of at least 4 members (excludes halogenated alkanes) is 12. The van der Waals surface area contributed by atoms with Crippen LogP contribution in [-0.4, -0.2) is 70.1 Å². The fourth-order valence-electron chi connectivity index (χ4n) is 7.28. The van der Waals surface area contributed by atoms with Crippen LogP contribution in [0.1, 0.15) is 168 Å². The van der Waals surface area contributed by atoms with Crippen LogP contribution >= 0.6 is 0 Å². The molecule has 3 aliphatic heterocycles. The zero-order chi connectivity index (χ0) is 31.6. The molecule has 256 valence electrons. The summed E-state index contributed by atoms with van der Waals surface area (Å²) in [6.07, 6.45) is 25.7. The lowest BCUT2D eigenvalue weighted by Crippen LogP contribution is -2.33. The largest absolute Gasteiger partial charge is 0.455 e. The first-order valence-corrected chi connectivity index (χ1v) is 18.6. The Kier molecular flexibility index (Phi) is 18.5. The molecule has 0 unspecified atom stereocenters. The van der Waals surface area contributed by atoms with Crippen LogP contribution in [0, 0.1) is 0 Å². The van der Waals surface area contributed by atoms with Crippen molar-refractivity contribution in [2.24, 2.45) is 0 Å². The Balaban J connectivity index is 1.13. The smallest absolute Gasteiger partial charge is 0.334 e. The van der Waals surface area contributed by atoms with Gasteiger partial charge >= 0.3 is 5.97 Å². The fourth-order valence-corrected chi connectivity index (χ4v) is 7.28. The van der Waals surface area contributed by atoms with Gasteiger partial charge in [-0.15, -0.1) is 0 Å². The van der Waals surface area contributed by atoms with Gasteiger partial charge in [-0.1, -0.05) is 90.4 Å². The van der Waals surface area contributed by atoms with Gasteiger partial charge < -0.3 is 29.5 Å². The third kappa shape index (κ3) is 14.2. The number of hydrogen-bond acceptors (Lipinski definition) is 7. The normalized spacial score (nSPS) is 27.4. The van der Waals surface area contributed by atoms with Crippen LogP contribution in [0.15, 0.2) is 11.6 Å². The molecular formula is C37H66O7. The van der Waals surface area contributed by atoms with E-state index in [0.29, 0.717) is 6.42 Å². The van der Waals surface area contributed by atoms with Crippen molar-refractivity contribution in [3.8, 4) is 0 Å². The van der Waals surface area contributed by atoms with Gasteiger partial charge in [-0.25, -0.2) is 4.79 Å². The summed E-state index contributed by atoms with van der Waals surface area (Å²) in [5.41, 5.74) is 0.863. The highest BCUT2D eigenvalue weighted by atomic mass is 16.6. The summed E-state index contributed by atoms with van der Waals surface area (Å²) < 4.78 is 17.7. The maximum atomic E-state index is 11.6. The Bertz CT molecular complexity index is 801. The molecule has 7 heteroatoms. The van der Waals surface area contributed by atoms with Gasteiger partial charge in [-0.2, -0.15) is 0 Å². The van der Waals surface area contributed by atoms with Crippen molar-refractivity contribution in [3.63, 3.8) is 0 Å². The number of aliphatic hydroxyl groups is 3. The summed E-state index contributed by atoms with van der Waals surface area (Å²) in [5, 5.41) is 31.6. The average molecular weight is 623 g/mol. The lowest BCUT2D eigenvalue weighted by atomic mass is 9.99. The van der Waals surface area contributed by atoms with Crippen LogP contribution in [-0.2, 0) is 19.0 Å². The van der Waals surface area contributed by atoms with Crippen molar-refractivity contribution in [1.29, 1.82) is 0 Å². The Labute approximate surface area is 268 Å². The van der Waals surface area contributed by atoms with Crippen molar-refractivity contribution >= 4 is 5.97 Å². The highest BCUT2D eigenvalue weighted by Gasteiger charge is 2.40. The first-order chi connectivity index (χ1) is 21.4. The first-order valence-electron chi connectivity index (χ1n) is 18.6. The third-order valence-corrected chi connectivity index (χ3v) is 10.1. The Morgan fingerprint density at radius 2 is 1.14 bits per heavy atom. The fraction of sp³-hybridized carbons (Fsp3) is 0.919. The SMILES string of the molecule is CCCCCC[C@H](O)CCC[C@H](O)[C@H]1CC[C@H]([C@H]2CC[C@H]([C@@H](O)CCCCCCCCCCCCC3=C[C@H](C)OC3=O)O2)O1. The number of aliphatic hydroxyl groups excluding tert-OH is 3. The summed E-state index contributed by atoms with van der Waals surface area (Å²) in [7, 11) is 0. The molecule has 44 heavy (non-hydrogen) atoms. The topological polar surface area (TPSA) is 105 Å². The van der Waals surface area contributed by atoms with Crippen LogP contribution in [0.5, 0.6) is 0 Å². The van der Waals surface area contributed by atoms with Crippen molar-refractivity contribution in [2.75, 3.05) is 0 Å². The molecule has 7 nitrogen and oxygen atoms in total. The van der Waals surface area contributed by atoms with Gasteiger partial charge in [-0.3, -0.25) is 0 Å². The highest BCUT2D eigenvalue weighted by Crippen LogP contribution is 2.34. The van der Waals surface area contributed by atoms with E-state index in [9.17, 15) is 20.1 Å². The van der Waals surface area contributed by atoms with E-state index in [-0.39, 0.29) is 42.6 Å². The van der Waals surface area contributed by atoms with Crippen molar-refractivity contribution < 1.29 is 34.3 Å². The van der Waals surface area contributed by atoms with E-state index in [1.54, 1.807) is 0 Å². The minimum absolute atomic E-state index is 0.0170. The van der Waals surface area contributed by atoms with Gasteiger partial charge in [-0.05, 0) is 83.6 Å². The molecule has 3 heterocycles. The Morgan fingerprint density at radius 1 is 0.659 bits per heavy atom. The molecule has 0 bridgehead atoms. The predicted molar refractivity (Wildman–Crippen MR) is 175 cm³/mol. The molecule has 3 aliphatic rings. The molecule has 2 saturated heterocycles. The number of esters is 1. The molecule has 0 saturated carbocycles. The van der Waals surface area contributed by atoms with E-state index in [2.05, 4.69) is 6.92 Å². The average Bonchev–Trinajstić information content (AvgIpc) is 3.76. The van der Waals surface area contributed by atoms with Crippen molar-refractivity contribution in [3.05, 3.63) is 11.6 Å². The molecule has 8 atom stereocenters. The summed E-state index contributed by atoms with van der Waals surface area (Å²) >= 11 is 0. The third-order valence-electron chi connectivity index (χ3n) is 10.1. The molecule has 0 radical (unpaired) electrons. The molecule has 0 amide bonds. The van der Waals surface area contributed by atoms with Crippen LogP contribution in [0.3, 0.4) is 0 Å². The Morgan fingerprint density at radius 3 is 1.68 bits per heavy atom. The van der Waals surface area contributed by atoms with Gasteiger partial charge in [0.05, 0.1) is 42.7 Å². The minimum Gasteiger partial charge on any atom is -0.455 e. The first kappa shape index (κ1) is 37.5. The molecule has 2 fully saturated rings. The minimum atomic E-state index is -0.479. The van der Waals surface area contributed by atoms with Crippen LogP contribution < -0.4 is 0 Å². The summed E-state index contributed by atoms with van der Waals surface area (Å²) in [6.45, 7) is 4.11. The summed E-state index contributed by atoms with van der Waals surface area (Å²) in [6, 6.07) is 0. The van der Waals surface area contributed by atoms with E-state index < -0.39 is 12.2 Å². The van der Waals surface area contributed by atoms with Gasteiger partial charge in [0, 0.05) is 5.57 Å². The lowest BCUT2D eigenvalue weighted by molar-refractivity contribution is -0.139. The number of cyclic esters (lactones) is 1. The monoisotopic (exact) mass is 622 g/mol. The zero-order valence-corrected chi connectivity index (χ0v) is 28.1. The predicted octanol–water partition coefficient (Wildman–Crippen LogP) is 7.86. The molecule has 0 aromatic carbocycles. The van der Waals surface area contributed by atoms with Gasteiger partial charge in [0.25, 0.3) is 0 Å². The lowest BCUT2D eigenvalue weighted by Gasteiger charge is -2.24. The summed E-state index contributed by atoms with van der Waals surface area (Å²) in [4.78, 5) is 11.6. The van der Waals surface area contributed by atoms with E-state index >= 15 is 0 Å². The molecule has 0 aromatic rings. The number of hydrogen-bond donors (Lipinski definition) is 3. The molecule has 0 aliphatic carbocycles. The van der Waals surface area contributed by atoms with Crippen molar-refractivity contribution in [1.82, 2.24) is 0 Å². The van der Waals surface area contributed by atoms with Crippen molar-refractivity contribution in [2.45, 2.75) is 217 Å². The maximum absolute atomic E-state index is 11.6. The quantitative estimate of drug-likeness (QED) is 0.0703. The second-order valence-corrected chi connectivity index (χ2v) is 14.0.